The van der Waals surface area contributed by atoms with Gasteiger partial charge in [0.05, 0.1) is 24.4 Å². The number of methoxy groups -OCH3 is 1. The molecule has 0 amide bonds. The first-order valence-electron chi connectivity index (χ1n) is 7.21. The quantitative estimate of drug-likeness (QED) is 0.672. The van der Waals surface area contributed by atoms with Gasteiger partial charge in [-0.05, 0) is 23.3 Å². The molecule has 0 spiro atoms. The van der Waals surface area contributed by atoms with Crippen LogP contribution in [0.1, 0.15) is 17.2 Å². The summed E-state index contributed by atoms with van der Waals surface area (Å²) in [6.45, 7) is 0. The van der Waals surface area contributed by atoms with Gasteiger partial charge in [0.1, 0.15) is 0 Å². The fourth-order valence-electron chi connectivity index (χ4n) is 2.62. The fourth-order valence-corrected chi connectivity index (χ4v) is 2.84. The summed E-state index contributed by atoms with van der Waals surface area (Å²) in [5.41, 5.74) is 3.02. The molecule has 1 aliphatic rings. The monoisotopic (exact) mass is 324 g/mol. The van der Waals surface area contributed by atoms with Gasteiger partial charge >= 0.3 is 5.97 Å². The minimum absolute atomic E-state index is 0.354. The highest BCUT2D eigenvalue weighted by Gasteiger charge is 2.32. The van der Waals surface area contributed by atoms with Crippen LogP contribution in [0.5, 0.6) is 0 Å². The maximum Gasteiger partial charge on any atom is 0.338 e. The summed E-state index contributed by atoms with van der Waals surface area (Å²) >= 11 is 5.33. The zero-order chi connectivity index (χ0) is 16.2. The van der Waals surface area contributed by atoms with Crippen LogP contribution in [-0.2, 0) is 9.53 Å². The van der Waals surface area contributed by atoms with E-state index in [0.717, 1.165) is 11.1 Å². The zero-order valence-corrected chi connectivity index (χ0v) is 13.4. The van der Waals surface area contributed by atoms with E-state index in [1.54, 1.807) is 0 Å². The molecule has 0 bridgehead atoms. The van der Waals surface area contributed by atoms with E-state index in [2.05, 4.69) is 10.6 Å². The Labute approximate surface area is 140 Å². The molecule has 0 radical (unpaired) electrons. The molecule has 2 aromatic carbocycles. The lowest BCUT2D eigenvalue weighted by Crippen LogP contribution is -2.45. The van der Waals surface area contributed by atoms with Gasteiger partial charge in [-0.15, -0.1) is 0 Å². The summed E-state index contributed by atoms with van der Waals surface area (Å²) in [6, 6.07) is 19.0. The van der Waals surface area contributed by atoms with Crippen molar-refractivity contribution in [1.29, 1.82) is 0 Å². The lowest BCUT2D eigenvalue weighted by molar-refractivity contribution is -0.136. The van der Waals surface area contributed by atoms with E-state index in [-0.39, 0.29) is 12.0 Å². The normalized spacial score (nSPS) is 17.3. The number of carbonyl (C=O) groups excluding carboxylic acids is 1. The van der Waals surface area contributed by atoms with Crippen molar-refractivity contribution in [1.82, 2.24) is 10.6 Å². The molecule has 0 aliphatic carbocycles. The number of ether oxygens (including phenoxy) is 1. The molecule has 116 valence electrons. The molecule has 0 fully saturated rings. The van der Waals surface area contributed by atoms with Crippen molar-refractivity contribution in [2.75, 3.05) is 7.11 Å². The molecule has 0 saturated carbocycles. The molecule has 2 N–H and O–H groups in total. The van der Waals surface area contributed by atoms with E-state index in [0.29, 0.717) is 16.4 Å². The predicted molar refractivity (Wildman–Crippen MR) is 93.4 cm³/mol. The molecule has 0 unspecified atom stereocenters. The van der Waals surface area contributed by atoms with Crippen LogP contribution in [0.2, 0.25) is 0 Å². The zero-order valence-electron chi connectivity index (χ0n) is 12.6. The third-order valence-corrected chi connectivity index (χ3v) is 3.89. The highest BCUT2D eigenvalue weighted by atomic mass is 32.1. The molecule has 4 nitrogen and oxygen atoms in total. The van der Waals surface area contributed by atoms with Crippen molar-refractivity contribution in [3.63, 3.8) is 0 Å². The Morgan fingerprint density at radius 3 is 2.26 bits per heavy atom. The van der Waals surface area contributed by atoms with E-state index in [4.69, 9.17) is 17.0 Å². The van der Waals surface area contributed by atoms with Gasteiger partial charge in [-0.2, -0.15) is 0 Å². The molecule has 3 rings (SSSR count). The lowest BCUT2D eigenvalue weighted by Gasteiger charge is -2.31. The van der Waals surface area contributed by atoms with Crippen molar-refractivity contribution < 1.29 is 9.53 Å². The molecule has 0 saturated heterocycles. The molecule has 1 aliphatic heterocycles. The predicted octanol–water partition coefficient (Wildman–Crippen LogP) is 2.79. The number of carbonyl (C=O) groups is 1. The summed E-state index contributed by atoms with van der Waals surface area (Å²) in [5, 5.41) is 6.73. The van der Waals surface area contributed by atoms with Crippen LogP contribution < -0.4 is 10.6 Å². The number of hydrogen-bond donors (Lipinski definition) is 2. The number of thiocarbonyl (C=S) groups is 1. The van der Waals surface area contributed by atoms with Gasteiger partial charge in [0, 0.05) is 0 Å². The summed E-state index contributed by atoms with van der Waals surface area (Å²) < 4.78 is 5.01. The minimum atomic E-state index is -0.389. The standard InChI is InChI=1S/C18H16N2O2S/c1-22-17(21)14-15(12-8-4-2-5-9-12)19-18(23)20-16(14)13-10-6-3-7-11-13/h2-11,15H,1H3,(H2,19,20,23)/t15-/m1/s1. The summed E-state index contributed by atoms with van der Waals surface area (Å²) in [7, 11) is 1.38. The summed E-state index contributed by atoms with van der Waals surface area (Å²) in [5.74, 6) is -0.389. The Morgan fingerprint density at radius 2 is 1.65 bits per heavy atom. The Morgan fingerprint density at radius 1 is 1.04 bits per heavy atom. The van der Waals surface area contributed by atoms with E-state index >= 15 is 0 Å². The minimum Gasteiger partial charge on any atom is -0.466 e. The van der Waals surface area contributed by atoms with Crippen molar-refractivity contribution in [3.05, 3.63) is 77.4 Å². The van der Waals surface area contributed by atoms with Crippen LogP contribution in [0, 0.1) is 0 Å². The molecule has 5 heteroatoms. The van der Waals surface area contributed by atoms with Crippen molar-refractivity contribution in [2.45, 2.75) is 6.04 Å². The Kier molecular flexibility index (Phi) is 4.39. The second-order valence-electron chi connectivity index (χ2n) is 5.09. The first-order valence-corrected chi connectivity index (χ1v) is 7.62. The van der Waals surface area contributed by atoms with Gasteiger partial charge in [0.2, 0.25) is 0 Å². The smallest absolute Gasteiger partial charge is 0.338 e. The maximum absolute atomic E-state index is 12.4. The Hall–Kier alpha value is -2.66. The average Bonchev–Trinajstić information content (AvgIpc) is 2.62. The molecule has 2 aromatic rings. The molecule has 0 aromatic heterocycles. The van der Waals surface area contributed by atoms with Crippen LogP contribution in [-0.4, -0.2) is 18.2 Å². The summed E-state index contributed by atoms with van der Waals surface area (Å²) in [6.07, 6.45) is 0. The topological polar surface area (TPSA) is 50.4 Å². The molecule has 1 atom stereocenters. The first-order chi connectivity index (χ1) is 11.2. The number of rotatable bonds is 3. The van der Waals surface area contributed by atoms with E-state index < -0.39 is 0 Å². The largest absolute Gasteiger partial charge is 0.466 e. The average molecular weight is 324 g/mol. The van der Waals surface area contributed by atoms with Crippen LogP contribution in [0.4, 0.5) is 0 Å². The SMILES string of the molecule is COC(=O)C1=C(c2ccccc2)NC(=S)N[C@@H]1c1ccccc1. The number of nitrogens with one attached hydrogen (secondary N) is 2. The van der Waals surface area contributed by atoms with E-state index in [9.17, 15) is 4.79 Å². The molecular formula is C18H16N2O2S. The second-order valence-corrected chi connectivity index (χ2v) is 5.50. The number of benzene rings is 2. The van der Waals surface area contributed by atoms with Gasteiger partial charge in [0.25, 0.3) is 0 Å². The maximum atomic E-state index is 12.4. The Bertz CT molecular complexity index is 757. The molecule has 23 heavy (non-hydrogen) atoms. The van der Waals surface area contributed by atoms with E-state index in [1.807, 2.05) is 60.7 Å². The third kappa shape index (κ3) is 3.10. The number of esters is 1. The highest BCUT2D eigenvalue weighted by molar-refractivity contribution is 7.80. The van der Waals surface area contributed by atoms with Crippen molar-refractivity contribution in [2.24, 2.45) is 0 Å². The van der Waals surface area contributed by atoms with Crippen molar-refractivity contribution >= 4 is 29.0 Å². The van der Waals surface area contributed by atoms with Crippen molar-refractivity contribution in [3.8, 4) is 0 Å². The van der Waals surface area contributed by atoms with Gasteiger partial charge < -0.3 is 15.4 Å². The van der Waals surface area contributed by atoms with Crippen LogP contribution in [0.25, 0.3) is 5.70 Å². The van der Waals surface area contributed by atoms with Crippen LogP contribution in [0.3, 0.4) is 0 Å². The second kappa shape index (κ2) is 6.62. The highest BCUT2D eigenvalue weighted by Crippen LogP contribution is 2.31. The van der Waals surface area contributed by atoms with Gasteiger partial charge in [0.15, 0.2) is 5.11 Å². The van der Waals surface area contributed by atoms with Gasteiger partial charge in [-0.3, -0.25) is 0 Å². The fraction of sp³-hybridized carbons (Fsp3) is 0.111. The van der Waals surface area contributed by atoms with Gasteiger partial charge in [-0.1, -0.05) is 60.7 Å². The molecule has 1 heterocycles. The summed E-state index contributed by atoms with van der Waals surface area (Å²) in [4.78, 5) is 12.4. The van der Waals surface area contributed by atoms with E-state index in [1.165, 1.54) is 7.11 Å². The first kappa shape index (κ1) is 15.2. The lowest BCUT2D eigenvalue weighted by atomic mass is 9.93. The Balaban J connectivity index is 2.19. The number of hydrogen-bond acceptors (Lipinski definition) is 3. The van der Waals surface area contributed by atoms with Crippen LogP contribution >= 0.6 is 12.2 Å². The van der Waals surface area contributed by atoms with Crippen LogP contribution in [0.15, 0.2) is 66.2 Å². The molecular weight excluding hydrogens is 308 g/mol. The van der Waals surface area contributed by atoms with Gasteiger partial charge in [-0.25, -0.2) is 4.79 Å². The third-order valence-electron chi connectivity index (χ3n) is 3.67.